The number of rotatable bonds is 6. The van der Waals surface area contributed by atoms with Crippen molar-refractivity contribution in [1.82, 2.24) is 15.5 Å². The highest BCUT2D eigenvalue weighted by molar-refractivity contribution is 7.10. The first-order chi connectivity index (χ1) is 12.2. The van der Waals surface area contributed by atoms with Gasteiger partial charge in [-0.15, -0.1) is 11.3 Å². The molecule has 1 aromatic rings. The number of likely N-dealkylation sites (tertiary alicyclic amines) is 1. The molecule has 1 aromatic heterocycles. The first-order valence-electron chi connectivity index (χ1n) is 9.61. The topological polar surface area (TPSA) is 61.4 Å². The summed E-state index contributed by atoms with van der Waals surface area (Å²) in [7, 11) is 0. The van der Waals surface area contributed by atoms with Gasteiger partial charge in [-0.1, -0.05) is 25.3 Å². The molecule has 1 saturated heterocycles. The van der Waals surface area contributed by atoms with Crippen LogP contribution in [0.15, 0.2) is 17.5 Å². The highest BCUT2D eigenvalue weighted by Gasteiger charge is 2.29. The smallest absolute Gasteiger partial charge is 0.315 e. The molecule has 0 unspecified atom stereocenters. The molecule has 0 radical (unpaired) electrons. The number of hydrogen-bond donors (Lipinski definition) is 2. The number of carbonyl (C=O) groups is 2. The minimum Gasteiger partial charge on any atom is -0.338 e. The normalized spacial score (nSPS) is 21.3. The molecule has 1 saturated carbocycles. The van der Waals surface area contributed by atoms with Gasteiger partial charge in [-0.3, -0.25) is 4.79 Å². The second-order valence-electron chi connectivity index (χ2n) is 7.10. The summed E-state index contributed by atoms with van der Waals surface area (Å²) in [6.45, 7) is 1.42. The van der Waals surface area contributed by atoms with E-state index < -0.39 is 0 Å². The van der Waals surface area contributed by atoms with E-state index >= 15 is 0 Å². The predicted octanol–water partition coefficient (Wildman–Crippen LogP) is 3.82. The predicted molar refractivity (Wildman–Crippen MR) is 101 cm³/mol. The van der Waals surface area contributed by atoms with Gasteiger partial charge < -0.3 is 15.5 Å². The van der Waals surface area contributed by atoms with E-state index in [1.165, 1.54) is 24.1 Å². The average molecular weight is 364 g/mol. The minimum absolute atomic E-state index is 0.0861. The van der Waals surface area contributed by atoms with Crippen molar-refractivity contribution in [3.05, 3.63) is 22.4 Å². The summed E-state index contributed by atoms with van der Waals surface area (Å²) in [4.78, 5) is 27.7. The van der Waals surface area contributed by atoms with Gasteiger partial charge >= 0.3 is 6.03 Å². The summed E-state index contributed by atoms with van der Waals surface area (Å²) in [6, 6.07) is 4.67. The van der Waals surface area contributed by atoms with Gasteiger partial charge in [-0.2, -0.15) is 0 Å². The maximum Gasteiger partial charge on any atom is 0.315 e. The molecular weight excluding hydrogens is 334 g/mol. The van der Waals surface area contributed by atoms with Crippen molar-refractivity contribution < 1.29 is 9.59 Å². The highest BCUT2D eigenvalue weighted by atomic mass is 32.1. The maximum atomic E-state index is 12.5. The van der Waals surface area contributed by atoms with Crippen LogP contribution in [0.2, 0.25) is 0 Å². The van der Waals surface area contributed by atoms with Crippen LogP contribution in [0.25, 0.3) is 0 Å². The second-order valence-corrected chi connectivity index (χ2v) is 8.08. The molecular formula is C19H29N3O2S. The molecule has 2 N–H and O–H groups in total. The van der Waals surface area contributed by atoms with E-state index in [4.69, 9.17) is 0 Å². The lowest BCUT2D eigenvalue weighted by Crippen LogP contribution is -2.43. The van der Waals surface area contributed by atoms with Gasteiger partial charge in [0, 0.05) is 30.4 Å². The van der Waals surface area contributed by atoms with Gasteiger partial charge in [0.05, 0.1) is 6.04 Å². The van der Waals surface area contributed by atoms with Crippen molar-refractivity contribution in [1.29, 1.82) is 0 Å². The van der Waals surface area contributed by atoms with Crippen LogP contribution in [0.4, 0.5) is 4.79 Å². The number of amides is 3. The molecule has 138 valence electrons. The van der Waals surface area contributed by atoms with Crippen molar-refractivity contribution in [2.75, 3.05) is 13.1 Å². The molecule has 5 nitrogen and oxygen atoms in total. The SMILES string of the molecule is O=C(NCCCC(=O)N1CCC[C@@H]1c1cccs1)NC1CCCCC1. The highest BCUT2D eigenvalue weighted by Crippen LogP contribution is 2.34. The summed E-state index contributed by atoms with van der Waals surface area (Å²) in [5.41, 5.74) is 0. The monoisotopic (exact) mass is 363 g/mol. The fourth-order valence-corrected chi connectivity index (χ4v) is 4.78. The third kappa shape index (κ3) is 5.21. The molecule has 3 amide bonds. The van der Waals surface area contributed by atoms with Crippen molar-refractivity contribution in [2.45, 2.75) is 69.9 Å². The van der Waals surface area contributed by atoms with Crippen LogP contribution < -0.4 is 10.6 Å². The summed E-state index contributed by atoms with van der Waals surface area (Å²) in [5, 5.41) is 8.01. The Kier molecular flexibility index (Phi) is 6.73. The van der Waals surface area contributed by atoms with E-state index in [1.54, 1.807) is 11.3 Å². The van der Waals surface area contributed by atoms with E-state index in [0.717, 1.165) is 32.2 Å². The number of nitrogens with one attached hydrogen (secondary N) is 2. The Morgan fingerprint density at radius 3 is 2.76 bits per heavy atom. The first-order valence-corrected chi connectivity index (χ1v) is 10.5. The van der Waals surface area contributed by atoms with Crippen LogP contribution in [0.5, 0.6) is 0 Å². The lowest BCUT2D eigenvalue weighted by molar-refractivity contribution is -0.132. The Morgan fingerprint density at radius 1 is 1.16 bits per heavy atom. The van der Waals surface area contributed by atoms with Crippen molar-refractivity contribution in [3.63, 3.8) is 0 Å². The third-order valence-corrected chi connectivity index (χ3v) is 6.21. The van der Waals surface area contributed by atoms with Crippen LogP contribution in [0.3, 0.4) is 0 Å². The van der Waals surface area contributed by atoms with E-state index in [1.807, 2.05) is 4.90 Å². The first kappa shape index (κ1) is 18.2. The number of carbonyl (C=O) groups excluding carboxylic acids is 2. The fourth-order valence-electron chi connectivity index (χ4n) is 3.91. The molecule has 2 fully saturated rings. The van der Waals surface area contributed by atoms with Crippen LogP contribution in [-0.4, -0.2) is 36.0 Å². The summed E-state index contributed by atoms with van der Waals surface area (Å²) in [6.07, 6.45) is 9.23. The Hall–Kier alpha value is -1.56. The van der Waals surface area contributed by atoms with Gasteiger partial charge in [0.1, 0.15) is 0 Å². The molecule has 6 heteroatoms. The third-order valence-electron chi connectivity index (χ3n) is 5.24. The Labute approximate surface area is 154 Å². The lowest BCUT2D eigenvalue weighted by Gasteiger charge is -2.24. The zero-order valence-electron chi connectivity index (χ0n) is 14.8. The number of urea groups is 1. The summed E-state index contributed by atoms with van der Waals surface area (Å²) < 4.78 is 0. The Morgan fingerprint density at radius 2 is 2.00 bits per heavy atom. The molecule has 25 heavy (non-hydrogen) atoms. The van der Waals surface area contributed by atoms with E-state index in [0.29, 0.717) is 25.4 Å². The largest absolute Gasteiger partial charge is 0.338 e. The summed E-state index contributed by atoms with van der Waals surface area (Å²) >= 11 is 1.73. The zero-order valence-corrected chi connectivity index (χ0v) is 15.7. The van der Waals surface area contributed by atoms with Gasteiger partial charge in [-0.25, -0.2) is 4.79 Å². The second kappa shape index (κ2) is 9.22. The van der Waals surface area contributed by atoms with Crippen LogP contribution in [0, 0.1) is 0 Å². The van der Waals surface area contributed by atoms with E-state index in [-0.39, 0.29) is 18.0 Å². The van der Waals surface area contributed by atoms with Crippen LogP contribution in [0.1, 0.15) is 68.7 Å². The molecule has 1 aliphatic carbocycles. The summed E-state index contributed by atoms with van der Waals surface area (Å²) in [5.74, 6) is 0.213. The molecule has 0 aromatic carbocycles. The zero-order chi connectivity index (χ0) is 17.5. The fraction of sp³-hybridized carbons (Fsp3) is 0.684. The minimum atomic E-state index is -0.0861. The average Bonchev–Trinajstić information content (AvgIpc) is 3.30. The number of thiophene rings is 1. The molecule has 1 aliphatic heterocycles. The van der Waals surface area contributed by atoms with Crippen molar-refractivity contribution >= 4 is 23.3 Å². The van der Waals surface area contributed by atoms with Gasteiger partial charge in [0.15, 0.2) is 0 Å². The number of hydrogen-bond acceptors (Lipinski definition) is 3. The molecule has 1 atom stereocenters. The van der Waals surface area contributed by atoms with Crippen molar-refractivity contribution in [3.8, 4) is 0 Å². The lowest BCUT2D eigenvalue weighted by atomic mass is 9.96. The Balaban J connectivity index is 1.34. The molecule has 0 bridgehead atoms. The van der Waals surface area contributed by atoms with Crippen LogP contribution >= 0.6 is 11.3 Å². The van der Waals surface area contributed by atoms with Gasteiger partial charge in [-0.05, 0) is 43.6 Å². The molecule has 2 heterocycles. The number of nitrogens with zero attached hydrogens (tertiary/aromatic N) is 1. The molecule has 3 rings (SSSR count). The van der Waals surface area contributed by atoms with E-state index in [9.17, 15) is 9.59 Å². The quantitative estimate of drug-likeness (QED) is 0.755. The maximum absolute atomic E-state index is 12.5. The Bertz CT molecular complexity index is 555. The van der Waals surface area contributed by atoms with Crippen molar-refractivity contribution in [2.24, 2.45) is 0 Å². The molecule has 0 spiro atoms. The van der Waals surface area contributed by atoms with E-state index in [2.05, 4.69) is 28.1 Å². The van der Waals surface area contributed by atoms with Gasteiger partial charge in [0.2, 0.25) is 5.91 Å². The van der Waals surface area contributed by atoms with Gasteiger partial charge in [0.25, 0.3) is 0 Å². The molecule has 2 aliphatic rings. The standard InChI is InChI=1S/C19H29N3O2S/c23-18(22-13-5-9-16(22)17-10-6-14-25-17)11-4-12-20-19(24)21-15-7-2-1-3-8-15/h6,10,14-16H,1-5,7-9,11-13H2,(H2,20,21,24)/t16-/m1/s1. The van der Waals surface area contributed by atoms with Crippen LogP contribution in [-0.2, 0) is 4.79 Å².